The van der Waals surface area contributed by atoms with E-state index >= 15 is 0 Å². The summed E-state index contributed by atoms with van der Waals surface area (Å²) in [6.45, 7) is 2.75. The molecule has 12 heavy (non-hydrogen) atoms. The fourth-order valence-electron chi connectivity index (χ4n) is 1.23. The lowest BCUT2D eigenvalue weighted by Gasteiger charge is -2.27. The number of thioether (sulfide) groups is 1. The molecule has 0 saturated carbocycles. The monoisotopic (exact) mass is 199 g/mol. The largest absolute Gasteiger partial charge is 0.443 e. The number of hydrogen-bond acceptors (Lipinski definition) is 2. The summed E-state index contributed by atoms with van der Waals surface area (Å²) in [5.41, 5.74) is -4.10. The highest BCUT2D eigenvalue weighted by Crippen LogP contribution is 2.36. The van der Waals surface area contributed by atoms with Gasteiger partial charge in [0.05, 0.1) is 5.37 Å². The van der Waals surface area contributed by atoms with Crippen LogP contribution in [0, 0.1) is 5.92 Å². The molecule has 1 rings (SSSR count). The second-order valence-corrected chi connectivity index (χ2v) is 4.41. The van der Waals surface area contributed by atoms with E-state index < -0.39 is 10.9 Å². The first-order chi connectivity index (χ1) is 5.47. The highest BCUT2D eigenvalue weighted by Gasteiger charge is 2.34. The minimum Gasteiger partial charge on any atom is -0.305 e. The molecule has 1 nitrogen and oxygen atoms in total. The van der Waals surface area contributed by atoms with E-state index in [0.717, 1.165) is 6.42 Å². The van der Waals surface area contributed by atoms with E-state index in [0.29, 0.717) is 18.9 Å². The molecule has 0 aromatic carbocycles. The zero-order chi connectivity index (χ0) is 9.19. The van der Waals surface area contributed by atoms with Crippen molar-refractivity contribution in [1.82, 2.24) is 5.32 Å². The van der Waals surface area contributed by atoms with E-state index in [2.05, 4.69) is 5.32 Å². The highest BCUT2D eigenvalue weighted by atomic mass is 32.2. The van der Waals surface area contributed by atoms with Gasteiger partial charge in [-0.05, 0) is 37.1 Å². The zero-order valence-corrected chi connectivity index (χ0v) is 7.63. The molecule has 0 aliphatic carbocycles. The quantitative estimate of drug-likeness (QED) is 0.696. The van der Waals surface area contributed by atoms with Gasteiger partial charge < -0.3 is 5.32 Å². The van der Waals surface area contributed by atoms with Crippen molar-refractivity contribution in [3.8, 4) is 0 Å². The van der Waals surface area contributed by atoms with Crippen LogP contribution in [0.3, 0.4) is 0 Å². The maximum atomic E-state index is 11.9. The Hall–Kier alpha value is 0.1000. The third kappa shape index (κ3) is 3.67. The minimum absolute atomic E-state index is 0.0686. The molecule has 1 aliphatic rings. The first-order valence-corrected chi connectivity index (χ1v) is 4.83. The van der Waals surface area contributed by atoms with Gasteiger partial charge in [0.15, 0.2) is 0 Å². The maximum Gasteiger partial charge on any atom is 0.443 e. The first kappa shape index (κ1) is 10.2. The van der Waals surface area contributed by atoms with Crippen LogP contribution >= 0.6 is 11.8 Å². The van der Waals surface area contributed by atoms with Crippen molar-refractivity contribution >= 4 is 11.8 Å². The van der Waals surface area contributed by atoms with Crippen LogP contribution < -0.4 is 5.32 Å². The third-order valence-corrected chi connectivity index (χ3v) is 2.85. The summed E-state index contributed by atoms with van der Waals surface area (Å²) >= 11 is 0.0686. The van der Waals surface area contributed by atoms with Crippen LogP contribution in [0.1, 0.15) is 19.8 Å². The van der Waals surface area contributed by atoms with Gasteiger partial charge in [0, 0.05) is 0 Å². The van der Waals surface area contributed by atoms with Gasteiger partial charge >= 0.3 is 5.51 Å². The zero-order valence-electron chi connectivity index (χ0n) is 6.82. The molecule has 0 radical (unpaired) electrons. The smallest absolute Gasteiger partial charge is 0.305 e. The van der Waals surface area contributed by atoms with Gasteiger partial charge in [0.25, 0.3) is 0 Å². The van der Waals surface area contributed by atoms with Crippen molar-refractivity contribution in [2.75, 3.05) is 6.54 Å². The molecule has 0 amide bonds. The Morgan fingerprint density at radius 1 is 1.33 bits per heavy atom. The average molecular weight is 199 g/mol. The second kappa shape index (κ2) is 3.87. The van der Waals surface area contributed by atoms with Crippen LogP contribution in [0.4, 0.5) is 13.2 Å². The molecule has 1 fully saturated rings. The number of piperidine rings is 1. The van der Waals surface area contributed by atoms with Crippen molar-refractivity contribution in [3.63, 3.8) is 0 Å². The van der Waals surface area contributed by atoms with Crippen molar-refractivity contribution in [2.45, 2.75) is 30.6 Å². The highest BCUT2D eigenvalue weighted by molar-refractivity contribution is 8.00. The van der Waals surface area contributed by atoms with Crippen molar-refractivity contribution in [3.05, 3.63) is 0 Å². The molecule has 2 unspecified atom stereocenters. The predicted molar refractivity (Wildman–Crippen MR) is 43.8 cm³/mol. The normalized spacial score (nSPS) is 32.0. The Kier molecular flexibility index (Phi) is 3.29. The number of alkyl halides is 3. The van der Waals surface area contributed by atoms with E-state index in [4.69, 9.17) is 0 Å². The molecule has 1 aliphatic heterocycles. The molecule has 0 aromatic rings. The average Bonchev–Trinajstić information content (AvgIpc) is 1.91. The lowest BCUT2D eigenvalue weighted by Crippen LogP contribution is -2.37. The Bertz CT molecular complexity index is 140. The van der Waals surface area contributed by atoms with E-state index in [-0.39, 0.29) is 11.8 Å². The standard InChI is InChI=1S/C7H12F3NS/c1-5-2-3-6(11-4-5)12-7(8,9)10/h5-6,11H,2-4H2,1H3. The minimum atomic E-state index is -4.10. The molecule has 2 atom stereocenters. The summed E-state index contributed by atoms with van der Waals surface area (Å²) in [5.74, 6) is 0.509. The summed E-state index contributed by atoms with van der Waals surface area (Å²) < 4.78 is 35.6. The molecule has 72 valence electrons. The Morgan fingerprint density at radius 3 is 2.42 bits per heavy atom. The lowest BCUT2D eigenvalue weighted by molar-refractivity contribution is -0.0338. The molecule has 5 heteroatoms. The fourth-order valence-corrected chi connectivity index (χ4v) is 1.99. The molecule has 1 heterocycles. The number of hydrogen-bond donors (Lipinski definition) is 1. The fraction of sp³-hybridized carbons (Fsp3) is 1.00. The van der Waals surface area contributed by atoms with E-state index in [9.17, 15) is 13.2 Å². The number of rotatable bonds is 1. The molecule has 0 bridgehead atoms. The van der Waals surface area contributed by atoms with Crippen molar-refractivity contribution in [2.24, 2.45) is 5.92 Å². The van der Waals surface area contributed by atoms with Crippen LogP contribution in [-0.2, 0) is 0 Å². The van der Waals surface area contributed by atoms with E-state index in [1.165, 1.54) is 0 Å². The summed E-state index contributed by atoms with van der Waals surface area (Å²) in [7, 11) is 0. The predicted octanol–water partition coefficient (Wildman–Crippen LogP) is 2.58. The Balaban J connectivity index is 2.26. The van der Waals surface area contributed by atoms with E-state index in [1.54, 1.807) is 0 Å². The first-order valence-electron chi connectivity index (χ1n) is 3.95. The molecule has 1 saturated heterocycles. The number of nitrogens with one attached hydrogen (secondary N) is 1. The Morgan fingerprint density at radius 2 is 2.00 bits per heavy atom. The molecular formula is C7H12F3NS. The topological polar surface area (TPSA) is 12.0 Å². The van der Waals surface area contributed by atoms with Crippen LogP contribution in [0.25, 0.3) is 0 Å². The molecule has 0 spiro atoms. The van der Waals surface area contributed by atoms with Crippen LogP contribution in [0.2, 0.25) is 0 Å². The van der Waals surface area contributed by atoms with Crippen molar-refractivity contribution < 1.29 is 13.2 Å². The third-order valence-electron chi connectivity index (χ3n) is 1.89. The van der Waals surface area contributed by atoms with Crippen LogP contribution in [-0.4, -0.2) is 17.4 Å². The van der Waals surface area contributed by atoms with Gasteiger partial charge in [-0.25, -0.2) is 0 Å². The molecule has 0 aromatic heterocycles. The lowest BCUT2D eigenvalue weighted by atomic mass is 10.0. The maximum absolute atomic E-state index is 11.9. The summed E-state index contributed by atoms with van der Waals surface area (Å²) in [4.78, 5) is 0. The van der Waals surface area contributed by atoms with Gasteiger partial charge in [0.2, 0.25) is 0 Å². The van der Waals surface area contributed by atoms with Gasteiger partial charge in [-0.2, -0.15) is 13.2 Å². The summed E-state index contributed by atoms with van der Waals surface area (Å²) in [6, 6.07) is 0. The van der Waals surface area contributed by atoms with Gasteiger partial charge in [-0.3, -0.25) is 0 Å². The molecule has 1 N–H and O–H groups in total. The summed E-state index contributed by atoms with van der Waals surface area (Å²) in [5, 5.41) is 2.44. The van der Waals surface area contributed by atoms with Crippen molar-refractivity contribution in [1.29, 1.82) is 0 Å². The van der Waals surface area contributed by atoms with Gasteiger partial charge in [-0.15, -0.1) is 0 Å². The second-order valence-electron chi connectivity index (χ2n) is 3.14. The van der Waals surface area contributed by atoms with Crippen LogP contribution in [0.15, 0.2) is 0 Å². The summed E-state index contributed by atoms with van der Waals surface area (Å²) in [6.07, 6.45) is 1.51. The van der Waals surface area contributed by atoms with Crippen LogP contribution in [0.5, 0.6) is 0 Å². The SMILES string of the molecule is CC1CCC(SC(F)(F)F)NC1. The molecular weight excluding hydrogens is 187 g/mol. The number of halogens is 3. The van der Waals surface area contributed by atoms with E-state index in [1.807, 2.05) is 6.92 Å². The Labute approximate surface area is 74.1 Å². The van der Waals surface area contributed by atoms with Gasteiger partial charge in [0.1, 0.15) is 0 Å². The van der Waals surface area contributed by atoms with Gasteiger partial charge in [-0.1, -0.05) is 6.92 Å².